The second kappa shape index (κ2) is 8.67. The van der Waals surface area contributed by atoms with E-state index < -0.39 is 10.0 Å². The van der Waals surface area contributed by atoms with E-state index in [1.165, 1.54) is 11.4 Å². The zero-order valence-corrected chi connectivity index (χ0v) is 15.8. The van der Waals surface area contributed by atoms with Gasteiger partial charge in [0.25, 0.3) is 0 Å². The highest BCUT2D eigenvalue weighted by molar-refractivity contribution is 7.88. The lowest BCUT2D eigenvalue weighted by molar-refractivity contribution is -0.135. The van der Waals surface area contributed by atoms with Crippen LogP contribution in [0.25, 0.3) is 0 Å². The van der Waals surface area contributed by atoms with Gasteiger partial charge >= 0.3 is 0 Å². The maximum atomic E-state index is 12.6. The molecule has 1 aromatic carbocycles. The molecule has 0 radical (unpaired) electrons. The molecule has 1 N–H and O–H groups in total. The van der Waals surface area contributed by atoms with Crippen LogP contribution in [0.2, 0.25) is 0 Å². The average Bonchev–Trinajstić information content (AvgIpc) is 2.58. The molecule has 0 bridgehead atoms. The van der Waals surface area contributed by atoms with Crippen molar-refractivity contribution in [2.75, 3.05) is 26.4 Å². The van der Waals surface area contributed by atoms with Crippen LogP contribution in [-0.2, 0) is 21.2 Å². The standard InChI is InChI=1S/C18H28N2O4S/c1-19(25(2,23)24)14-12-18(22)20-13-4-3-5-16(20)9-6-15-7-10-17(21)11-8-15/h7-8,10-11,16,21H,3-6,9,12-14H2,1-2H3. The average molecular weight is 368 g/mol. The van der Waals surface area contributed by atoms with Crippen molar-refractivity contribution in [2.45, 2.75) is 44.6 Å². The van der Waals surface area contributed by atoms with Gasteiger partial charge in [0.15, 0.2) is 0 Å². The Hall–Kier alpha value is -1.60. The topological polar surface area (TPSA) is 77.9 Å². The maximum absolute atomic E-state index is 12.6. The monoisotopic (exact) mass is 368 g/mol. The molecule has 1 fully saturated rings. The number of nitrogens with zero attached hydrogens (tertiary/aromatic N) is 2. The lowest BCUT2D eigenvalue weighted by atomic mass is 9.95. The van der Waals surface area contributed by atoms with Gasteiger partial charge < -0.3 is 10.0 Å². The maximum Gasteiger partial charge on any atom is 0.224 e. The number of aryl methyl sites for hydroxylation is 1. The molecule has 1 atom stereocenters. The van der Waals surface area contributed by atoms with E-state index in [4.69, 9.17) is 0 Å². The molecule has 0 aliphatic carbocycles. The number of phenols is 1. The Labute approximate surface area is 150 Å². The molecular weight excluding hydrogens is 340 g/mol. The zero-order chi connectivity index (χ0) is 18.4. The first-order valence-corrected chi connectivity index (χ1v) is 10.6. The van der Waals surface area contributed by atoms with Gasteiger partial charge in [-0.2, -0.15) is 0 Å². The molecule has 0 spiro atoms. The Bertz CT molecular complexity index is 673. The summed E-state index contributed by atoms with van der Waals surface area (Å²) in [6, 6.07) is 7.38. The highest BCUT2D eigenvalue weighted by atomic mass is 32.2. The molecule has 0 saturated carbocycles. The van der Waals surface area contributed by atoms with E-state index in [0.29, 0.717) is 0 Å². The number of carbonyl (C=O) groups excluding carboxylic acids is 1. The number of hydrogen-bond acceptors (Lipinski definition) is 4. The van der Waals surface area contributed by atoms with E-state index in [9.17, 15) is 18.3 Å². The number of piperidine rings is 1. The first-order valence-electron chi connectivity index (χ1n) is 8.76. The minimum absolute atomic E-state index is 0.0332. The van der Waals surface area contributed by atoms with Crippen LogP contribution in [-0.4, -0.2) is 61.1 Å². The fourth-order valence-electron chi connectivity index (χ4n) is 3.19. The molecule has 6 nitrogen and oxygen atoms in total. The molecule has 1 aromatic rings. The largest absolute Gasteiger partial charge is 0.508 e. The van der Waals surface area contributed by atoms with Crippen molar-refractivity contribution in [2.24, 2.45) is 0 Å². The molecule has 1 saturated heterocycles. The normalized spacial score (nSPS) is 18.5. The van der Waals surface area contributed by atoms with Crippen LogP contribution < -0.4 is 0 Å². The zero-order valence-electron chi connectivity index (χ0n) is 15.0. The van der Waals surface area contributed by atoms with Crippen molar-refractivity contribution in [3.8, 4) is 5.75 Å². The molecule has 1 amide bonds. The van der Waals surface area contributed by atoms with E-state index >= 15 is 0 Å². The summed E-state index contributed by atoms with van der Waals surface area (Å²) in [4.78, 5) is 14.5. The first-order chi connectivity index (χ1) is 11.8. The lowest BCUT2D eigenvalue weighted by Crippen LogP contribution is -2.45. The van der Waals surface area contributed by atoms with Gasteiger partial charge in [0, 0.05) is 32.6 Å². The fourth-order valence-corrected chi connectivity index (χ4v) is 3.61. The smallest absolute Gasteiger partial charge is 0.224 e. The summed E-state index contributed by atoms with van der Waals surface area (Å²) in [5.74, 6) is 0.291. The van der Waals surface area contributed by atoms with Crippen LogP contribution in [0.1, 0.15) is 37.7 Å². The van der Waals surface area contributed by atoms with Gasteiger partial charge in [-0.3, -0.25) is 4.79 Å². The van der Waals surface area contributed by atoms with Crippen molar-refractivity contribution in [1.29, 1.82) is 0 Å². The van der Waals surface area contributed by atoms with Crippen molar-refractivity contribution < 1.29 is 18.3 Å². The summed E-state index contributed by atoms with van der Waals surface area (Å²) in [5, 5.41) is 9.35. The molecule has 25 heavy (non-hydrogen) atoms. The van der Waals surface area contributed by atoms with Crippen LogP contribution >= 0.6 is 0 Å². The number of carbonyl (C=O) groups is 1. The summed E-state index contributed by atoms with van der Waals surface area (Å²) in [5.41, 5.74) is 1.15. The van der Waals surface area contributed by atoms with Gasteiger partial charge in [0.2, 0.25) is 15.9 Å². The Balaban J connectivity index is 1.90. The summed E-state index contributed by atoms with van der Waals surface area (Å²) < 4.78 is 24.1. The van der Waals surface area contributed by atoms with Crippen LogP contribution in [0.5, 0.6) is 5.75 Å². The molecule has 1 aliphatic heterocycles. The highest BCUT2D eigenvalue weighted by Crippen LogP contribution is 2.23. The fraction of sp³-hybridized carbons (Fsp3) is 0.611. The number of benzene rings is 1. The van der Waals surface area contributed by atoms with Crippen LogP contribution in [0.3, 0.4) is 0 Å². The summed E-state index contributed by atoms with van der Waals surface area (Å²) >= 11 is 0. The second-order valence-electron chi connectivity index (χ2n) is 6.78. The molecule has 7 heteroatoms. The Morgan fingerprint density at radius 3 is 2.60 bits per heavy atom. The van der Waals surface area contributed by atoms with Gasteiger partial charge in [-0.25, -0.2) is 12.7 Å². The Morgan fingerprint density at radius 1 is 1.28 bits per heavy atom. The third-order valence-corrected chi connectivity index (χ3v) is 6.17. The van der Waals surface area contributed by atoms with Crippen LogP contribution in [0, 0.1) is 0 Å². The Morgan fingerprint density at radius 2 is 1.96 bits per heavy atom. The predicted octanol–water partition coefficient (Wildman–Crippen LogP) is 1.99. The number of rotatable bonds is 7. The quantitative estimate of drug-likeness (QED) is 0.798. The molecule has 1 heterocycles. The van der Waals surface area contributed by atoms with Crippen molar-refractivity contribution in [1.82, 2.24) is 9.21 Å². The minimum Gasteiger partial charge on any atom is -0.508 e. The van der Waals surface area contributed by atoms with Crippen molar-refractivity contribution in [3.63, 3.8) is 0 Å². The van der Waals surface area contributed by atoms with Crippen molar-refractivity contribution in [3.05, 3.63) is 29.8 Å². The molecule has 1 aliphatic rings. The minimum atomic E-state index is -3.25. The van der Waals surface area contributed by atoms with Crippen molar-refractivity contribution >= 4 is 15.9 Å². The summed E-state index contributed by atoms with van der Waals surface area (Å²) in [7, 11) is -1.75. The van der Waals surface area contributed by atoms with Gasteiger partial charge in [-0.05, 0) is 49.8 Å². The number of hydrogen-bond donors (Lipinski definition) is 1. The number of amides is 1. The van der Waals surface area contributed by atoms with Gasteiger partial charge in [0.1, 0.15) is 5.75 Å². The number of phenolic OH excluding ortho intramolecular Hbond substituents is 1. The van der Waals surface area contributed by atoms with E-state index in [0.717, 1.165) is 50.5 Å². The third kappa shape index (κ3) is 6.01. The SMILES string of the molecule is CN(CCC(=O)N1CCCCC1CCc1ccc(O)cc1)S(C)(=O)=O. The molecule has 0 aromatic heterocycles. The van der Waals surface area contributed by atoms with Crippen LogP contribution in [0.15, 0.2) is 24.3 Å². The van der Waals surface area contributed by atoms with E-state index in [1.54, 1.807) is 12.1 Å². The highest BCUT2D eigenvalue weighted by Gasteiger charge is 2.26. The van der Waals surface area contributed by atoms with Gasteiger partial charge in [-0.1, -0.05) is 12.1 Å². The number of sulfonamides is 1. The summed E-state index contributed by atoms with van der Waals surface area (Å²) in [6.07, 6.45) is 6.23. The molecule has 140 valence electrons. The summed E-state index contributed by atoms with van der Waals surface area (Å²) in [6.45, 7) is 0.973. The van der Waals surface area contributed by atoms with E-state index in [1.807, 2.05) is 17.0 Å². The van der Waals surface area contributed by atoms with Crippen LogP contribution in [0.4, 0.5) is 0 Å². The van der Waals surface area contributed by atoms with E-state index in [2.05, 4.69) is 0 Å². The molecular formula is C18H28N2O4S. The molecule has 2 rings (SSSR count). The van der Waals surface area contributed by atoms with E-state index in [-0.39, 0.29) is 30.7 Å². The first kappa shape index (κ1) is 19.7. The van der Waals surface area contributed by atoms with Gasteiger partial charge in [0.05, 0.1) is 6.26 Å². The van der Waals surface area contributed by atoms with Gasteiger partial charge in [-0.15, -0.1) is 0 Å². The third-order valence-electron chi connectivity index (χ3n) is 4.86. The second-order valence-corrected chi connectivity index (χ2v) is 8.87. The predicted molar refractivity (Wildman–Crippen MR) is 97.9 cm³/mol. The Kier molecular flexibility index (Phi) is 6.84. The lowest BCUT2D eigenvalue weighted by Gasteiger charge is -2.36. The number of likely N-dealkylation sites (tertiary alicyclic amines) is 1. The molecule has 1 unspecified atom stereocenters. The number of aromatic hydroxyl groups is 1.